The molecule has 0 fully saturated rings. The van der Waals surface area contributed by atoms with Gasteiger partial charge in [-0.2, -0.15) is 0 Å². The minimum absolute atomic E-state index is 0.470. The van der Waals surface area contributed by atoms with E-state index in [-0.39, 0.29) is 0 Å². The van der Waals surface area contributed by atoms with Gasteiger partial charge >= 0.3 is 11.9 Å². The van der Waals surface area contributed by atoms with Gasteiger partial charge in [0.1, 0.15) is 0 Å². The van der Waals surface area contributed by atoms with Crippen molar-refractivity contribution in [1.29, 1.82) is 0 Å². The highest BCUT2D eigenvalue weighted by molar-refractivity contribution is 6.12. The molecule has 3 heteroatoms. The third-order valence-corrected chi connectivity index (χ3v) is 2.90. The summed E-state index contributed by atoms with van der Waals surface area (Å²) in [4.78, 5) is 22.8. The third kappa shape index (κ3) is 2.44. The molecule has 1 aromatic carbocycles. The van der Waals surface area contributed by atoms with Crippen LogP contribution in [-0.4, -0.2) is 11.9 Å². The van der Waals surface area contributed by atoms with Crippen LogP contribution >= 0.6 is 0 Å². The first-order chi connectivity index (χ1) is 8.22. The molecule has 1 aliphatic rings. The Morgan fingerprint density at radius 1 is 0.941 bits per heavy atom. The van der Waals surface area contributed by atoms with Crippen LogP contribution in [0.1, 0.15) is 25.3 Å². The van der Waals surface area contributed by atoms with Crippen molar-refractivity contribution >= 4 is 11.9 Å². The Morgan fingerprint density at radius 2 is 1.59 bits per heavy atom. The van der Waals surface area contributed by atoms with Crippen LogP contribution in [0.2, 0.25) is 0 Å². The summed E-state index contributed by atoms with van der Waals surface area (Å²) in [5.41, 5.74) is 2.23. The minimum Gasteiger partial charge on any atom is -0.386 e. The highest BCUT2D eigenvalue weighted by atomic mass is 16.6. The van der Waals surface area contributed by atoms with E-state index in [0.29, 0.717) is 24.0 Å². The van der Waals surface area contributed by atoms with E-state index < -0.39 is 11.9 Å². The number of hydrogen-bond donors (Lipinski definition) is 0. The average molecular weight is 230 g/mol. The first-order valence-corrected chi connectivity index (χ1v) is 5.74. The van der Waals surface area contributed by atoms with Crippen molar-refractivity contribution in [2.45, 2.75) is 26.2 Å². The molecular formula is C14H14O3. The molecule has 0 atom stereocenters. The van der Waals surface area contributed by atoms with Gasteiger partial charge in [-0.3, -0.25) is 0 Å². The van der Waals surface area contributed by atoms with Gasteiger partial charge in [0.15, 0.2) is 0 Å². The number of rotatable bonds is 4. The molecule has 1 heterocycles. The number of carbonyl (C=O) groups is 2. The van der Waals surface area contributed by atoms with Crippen molar-refractivity contribution < 1.29 is 14.3 Å². The number of benzene rings is 1. The molecule has 0 unspecified atom stereocenters. The van der Waals surface area contributed by atoms with E-state index in [0.717, 1.165) is 12.0 Å². The van der Waals surface area contributed by atoms with Crippen molar-refractivity contribution in [3.63, 3.8) is 0 Å². The van der Waals surface area contributed by atoms with Gasteiger partial charge in [-0.05, 0) is 24.8 Å². The van der Waals surface area contributed by atoms with Crippen molar-refractivity contribution in [2.24, 2.45) is 0 Å². The van der Waals surface area contributed by atoms with E-state index in [1.165, 1.54) is 0 Å². The molecule has 88 valence electrons. The first kappa shape index (κ1) is 11.6. The van der Waals surface area contributed by atoms with Gasteiger partial charge < -0.3 is 4.74 Å². The van der Waals surface area contributed by atoms with Gasteiger partial charge in [-0.25, -0.2) is 9.59 Å². The lowest BCUT2D eigenvalue weighted by Gasteiger charge is -2.01. The molecule has 0 bridgehead atoms. The van der Waals surface area contributed by atoms with Gasteiger partial charge in [-0.15, -0.1) is 0 Å². The molecule has 0 saturated heterocycles. The van der Waals surface area contributed by atoms with Crippen LogP contribution in [0.4, 0.5) is 0 Å². The van der Waals surface area contributed by atoms with E-state index in [2.05, 4.69) is 4.74 Å². The molecule has 1 aromatic rings. The molecule has 2 rings (SSSR count). The number of esters is 2. The summed E-state index contributed by atoms with van der Waals surface area (Å²) in [7, 11) is 0. The van der Waals surface area contributed by atoms with Crippen LogP contribution in [0.3, 0.4) is 0 Å². The lowest BCUT2D eigenvalue weighted by atomic mass is 10.0. The normalized spacial score (nSPS) is 15.4. The Hall–Kier alpha value is -1.90. The fourth-order valence-electron chi connectivity index (χ4n) is 1.98. The standard InChI is InChI=1S/C14H14O3/c1-2-11-12(14(16)17-13(11)15)9-8-10-6-4-3-5-7-10/h3-7H,2,8-9H2,1H3. The third-order valence-electron chi connectivity index (χ3n) is 2.90. The zero-order chi connectivity index (χ0) is 12.3. The molecule has 1 aliphatic heterocycles. The average Bonchev–Trinajstić information content (AvgIpc) is 2.62. The van der Waals surface area contributed by atoms with E-state index in [4.69, 9.17) is 0 Å². The molecule has 0 aliphatic carbocycles. The van der Waals surface area contributed by atoms with Crippen LogP contribution in [0.15, 0.2) is 41.5 Å². The van der Waals surface area contributed by atoms with E-state index >= 15 is 0 Å². The molecule has 0 saturated carbocycles. The summed E-state index contributed by atoms with van der Waals surface area (Å²) in [5.74, 6) is -0.941. The van der Waals surface area contributed by atoms with Crippen LogP contribution in [0, 0.1) is 0 Å². The summed E-state index contributed by atoms with van der Waals surface area (Å²) in [5, 5.41) is 0. The van der Waals surface area contributed by atoms with Gasteiger partial charge in [0.25, 0.3) is 0 Å². The fourth-order valence-corrected chi connectivity index (χ4v) is 1.98. The Morgan fingerprint density at radius 3 is 2.24 bits per heavy atom. The lowest BCUT2D eigenvalue weighted by Crippen LogP contribution is -2.02. The second-order valence-corrected chi connectivity index (χ2v) is 3.97. The van der Waals surface area contributed by atoms with Crippen LogP contribution < -0.4 is 0 Å². The highest BCUT2D eigenvalue weighted by Crippen LogP contribution is 2.24. The molecule has 0 spiro atoms. The molecule has 0 radical (unpaired) electrons. The number of ether oxygens (including phenoxy) is 1. The fraction of sp³-hybridized carbons (Fsp3) is 0.286. The summed E-state index contributed by atoms with van der Waals surface area (Å²) in [6, 6.07) is 9.89. The Bertz CT molecular complexity index is 472. The van der Waals surface area contributed by atoms with E-state index in [9.17, 15) is 9.59 Å². The number of hydrogen-bond acceptors (Lipinski definition) is 3. The van der Waals surface area contributed by atoms with E-state index in [1.807, 2.05) is 37.3 Å². The molecule has 17 heavy (non-hydrogen) atoms. The Balaban J connectivity index is 2.10. The van der Waals surface area contributed by atoms with Gasteiger partial charge in [0.2, 0.25) is 0 Å². The second-order valence-electron chi connectivity index (χ2n) is 3.97. The topological polar surface area (TPSA) is 43.4 Å². The van der Waals surface area contributed by atoms with Crippen LogP contribution in [0.25, 0.3) is 0 Å². The molecule has 3 nitrogen and oxygen atoms in total. The molecule has 0 N–H and O–H groups in total. The van der Waals surface area contributed by atoms with Crippen molar-refractivity contribution in [2.75, 3.05) is 0 Å². The maximum atomic E-state index is 11.5. The maximum absolute atomic E-state index is 11.5. The monoisotopic (exact) mass is 230 g/mol. The number of carbonyl (C=O) groups excluding carboxylic acids is 2. The minimum atomic E-state index is -0.472. The molecule has 0 amide bonds. The molecule has 0 aromatic heterocycles. The lowest BCUT2D eigenvalue weighted by molar-refractivity contribution is -0.151. The Kier molecular flexibility index (Phi) is 3.38. The second kappa shape index (κ2) is 4.95. The largest absolute Gasteiger partial charge is 0.386 e. The van der Waals surface area contributed by atoms with Crippen molar-refractivity contribution in [3.8, 4) is 0 Å². The SMILES string of the molecule is CCC1=C(CCc2ccccc2)C(=O)OC1=O. The summed E-state index contributed by atoms with van der Waals surface area (Å²) < 4.78 is 4.61. The number of aryl methyl sites for hydroxylation is 1. The predicted molar refractivity (Wildman–Crippen MR) is 63.2 cm³/mol. The highest BCUT2D eigenvalue weighted by Gasteiger charge is 2.30. The number of cyclic esters (lactones) is 2. The predicted octanol–water partition coefficient (Wildman–Crippen LogP) is 2.41. The molecular weight excluding hydrogens is 216 g/mol. The zero-order valence-electron chi connectivity index (χ0n) is 9.73. The zero-order valence-corrected chi connectivity index (χ0v) is 9.73. The smallest absolute Gasteiger partial charge is 0.342 e. The van der Waals surface area contributed by atoms with Crippen molar-refractivity contribution in [1.82, 2.24) is 0 Å². The summed E-state index contributed by atoms with van der Waals surface area (Å²) in [6.45, 7) is 1.86. The van der Waals surface area contributed by atoms with Crippen LogP contribution in [-0.2, 0) is 20.7 Å². The summed E-state index contributed by atoms with van der Waals surface area (Å²) in [6.07, 6.45) is 1.87. The van der Waals surface area contributed by atoms with Gasteiger partial charge in [0.05, 0.1) is 0 Å². The van der Waals surface area contributed by atoms with Crippen LogP contribution in [0.5, 0.6) is 0 Å². The maximum Gasteiger partial charge on any atom is 0.342 e. The summed E-state index contributed by atoms with van der Waals surface area (Å²) >= 11 is 0. The van der Waals surface area contributed by atoms with Gasteiger partial charge in [0, 0.05) is 11.1 Å². The van der Waals surface area contributed by atoms with E-state index in [1.54, 1.807) is 0 Å². The first-order valence-electron chi connectivity index (χ1n) is 5.74. The van der Waals surface area contributed by atoms with Gasteiger partial charge in [-0.1, -0.05) is 37.3 Å². The Labute approximate surface area is 100 Å². The quantitative estimate of drug-likeness (QED) is 0.589. The van der Waals surface area contributed by atoms with Crippen molar-refractivity contribution in [3.05, 3.63) is 47.0 Å².